The summed E-state index contributed by atoms with van der Waals surface area (Å²) >= 11 is 0. The predicted molar refractivity (Wildman–Crippen MR) is 154 cm³/mol. The van der Waals surface area contributed by atoms with Crippen molar-refractivity contribution < 1.29 is 35.9 Å². The number of rotatable bonds is 8. The second-order valence-corrected chi connectivity index (χ2v) is 11.9. The van der Waals surface area contributed by atoms with Gasteiger partial charge in [0.1, 0.15) is 0 Å². The average Bonchev–Trinajstić information content (AvgIpc) is 3.65. The molecule has 14 heteroatoms. The van der Waals surface area contributed by atoms with Crippen LogP contribution in [0.1, 0.15) is 68.6 Å². The molecule has 2 fully saturated rings. The molecule has 0 N–H and O–H groups in total. The summed E-state index contributed by atoms with van der Waals surface area (Å²) in [5.74, 6) is 0.430. The Labute approximate surface area is 257 Å². The van der Waals surface area contributed by atoms with Crippen LogP contribution in [-0.4, -0.2) is 56.0 Å². The minimum Gasteiger partial charge on any atom is -0.449 e. The number of nitrogens with zero attached hydrogens (tertiary/aromatic N) is 6. The third-order valence-electron chi connectivity index (χ3n) is 8.64. The predicted octanol–water partition coefficient (Wildman–Crippen LogP) is 7.49. The normalized spacial score (nSPS) is 19.6. The van der Waals surface area contributed by atoms with Crippen molar-refractivity contribution in [3.8, 4) is 11.1 Å². The highest BCUT2D eigenvalue weighted by Crippen LogP contribution is 2.38. The van der Waals surface area contributed by atoms with Gasteiger partial charge >= 0.3 is 18.4 Å². The van der Waals surface area contributed by atoms with Gasteiger partial charge in [0.15, 0.2) is 0 Å². The number of anilines is 1. The van der Waals surface area contributed by atoms with Gasteiger partial charge in [-0.2, -0.15) is 31.4 Å². The monoisotopic (exact) mass is 638 g/mol. The number of carbonyl (C=O) groups is 1. The van der Waals surface area contributed by atoms with E-state index in [0.29, 0.717) is 43.1 Å². The molecule has 0 radical (unpaired) electrons. The molecular formula is C31H36F6N6O2. The number of halogens is 6. The number of ether oxygens (including phenoxy) is 1. The van der Waals surface area contributed by atoms with E-state index in [-0.39, 0.29) is 36.7 Å². The molecule has 0 spiro atoms. The van der Waals surface area contributed by atoms with Gasteiger partial charge in [-0.05, 0) is 55.4 Å². The van der Waals surface area contributed by atoms with Crippen molar-refractivity contribution in [1.29, 1.82) is 0 Å². The molecule has 0 bridgehead atoms. The van der Waals surface area contributed by atoms with Gasteiger partial charge in [0.25, 0.3) is 0 Å². The van der Waals surface area contributed by atoms with Crippen LogP contribution in [0.15, 0.2) is 43.0 Å². The molecule has 3 heterocycles. The molecule has 2 atom stereocenters. The summed E-state index contributed by atoms with van der Waals surface area (Å²) in [7, 11) is 1.75. The van der Waals surface area contributed by atoms with Gasteiger partial charge in [0.2, 0.25) is 5.95 Å². The maximum absolute atomic E-state index is 13.7. The van der Waals surface area contributed by atoms with Gasteiger partial charge in [-0.15, -0.1) is 0 Å². The fourth-order valence-corrected chi connectivity index (χ4v) is 6.21. The number of aryl methyl sites for hydroxylation is 1. The number of hydrogen-bond donors (Lipinski definition) is 0. The van der Waals surface area contributed by atoms with E-state index in [1.165, 1.54) is 18.8 Å². The van der Waals surface area contributed by atoms with Gasteiger partial charge in [0, 0.05) is 55.9 Å². The molecule has 2 aliphatic rings. The van der Waals surface area contributed by atoms with Crippen LogP contribution < -0.4 is 4.90 Å². The molecular weight excluding hydrogens is 602 g/mol. The first-order valence-corrected chi connectivity index (χ1v) is 15.1. The Kier molecular flexibility index (Phi) is 9.59. The second-order valence-electron chi connectivity index (χ2n) is 11.9. The first-order valence-electron chi connectivity index (χ1n) is 15.1. The largest absolute Gasteiger partial charge is 0.449 e. The van der Waals surface area contributed by atoms with Crippen LogP contribution >= 0.6 is 0 Å². The van der Waals surface area contributed by atoms with Crippen LogP contribution in [0.3, 0.4) is 0 Å². The van der Waals surface area contributed by atoms with Crippen molar-refractivity contribution in [3.05, 3.63) is 59.7 Å². The summed E-state index contributed by atoms with van der Waals surface area (Å²) in [6.07, 6.45) is 2.39. The van der Waals surface area contributed by atoms with Crippen LogP contribution in [0.5, 0.6) is 0 Å². The zero-order valence-corrected chi connectivity index (χ0v) is 25.1. The number of aromatic nitrogens is 4. The first kappa shape index (κ1) is 32.6. The van der Waals surface area contributed by atoms with E-state index in [2.05, 4.69) is 15.1 Å². The molecule has 2 aromatic heterocycles. The molecule has 1 saturated heterocycles. The van der Waals surface area contributed by atoms with Crippen LogP contribution in [0.25, 0.3) is 11.1 Å². The maximum atomic E-state index is 13.7. The summed E-state index contributed by atoms with van der Waals surface area (Å²) < 4.78 is 89.4. The van der Waals surface area contributed by atoms with Crippen LogP contribution in [0.2, 0.25) is 0 Å². The van der Waals surface area contributed by atoms with E-state index in [0.717, 1.165) is 31.2 Å². The van der Waals surface area contributed by atoms with Gasteiger partial charge in [-0.25, -0.2) is 14.8 Å². The SMILES string of the molecule is CC[C@@H]1C[C@H](N(Cc2cc(C(F)(F)F)cc(C(F)(F)F)c2)c2ncc(-c3cnn(C)c3)cn2)CN1C(=O)OCC1CCCCC1. The Hall–Kier alpha value is -3.84. The van der Waals surface area contributed by atoms with Gasteiger partial charge in [0.05, 0.1) is 30.0 Å². The van der Waals surface area contributed by atoms with Crippen molar-refractivity contribution >= 4 is 12.0 Å². The third kappa shape index (κ3) is 7.88. The van der Waals surface area contributed by atoms with Gasteiger partial charge in [-0.3, -0.25) is 4.68 Å². The summed E-state index contributed by atoms with van der Waals surface area (Å²) in [6.45, 7) is 2.05. The molecule has 1 aliphatic carbocycles. The van der Waals surface area contributed by atoms with Crippen LogP contribution in [-0.2, 0) is 30.7 Å². The zero-order valence-electron chi connectivity index (χ0n) is 25.1. The van der Waals surface area contributed by atoms with Crippen LogP contribution in [0, 0.1) is 5.92 Å². The van der Waals surface area contributed by atoms with Crippen molar-refractivity contribution in [2.24, 2.45) is 13.0 Å². The molecule has 244 valence electrons. The number of carbonyl (C=O) groups excluding carboxylic acids is 1. The lowest BCUT2D eigenvalue weighted by molar-refractivity contribution is -0.143. The molecule has 1 amide bonds. The maximum Gasteiger partial charge on any atom is 0.416 e. The molecule has 1 saturated carbocycles. The average molecular weight is 639 g/mol. The molecule has 8 nitrogen and oxygen atoms in total. The Morgan fingerprint density at radius 1 is 0.956 bits per heavy atom. The Balaban J connectivity index is 1.45. The van der Waals surface area contributed by atoms with E-state index in [9.17, 15) is 31.1 Å². The molecule has 5 rings (SSSR count). The standard InChI is InChI=1S/C31H36F6N6O2/c1-3-26-12-27(18-43(26)29(44)45-19-20-7-5-4-6-8-20)42(28-38-13-22(14-39-28)23-15-40-41(2)17-23)16-21-9-24(30(32,33)34)11-25(10-21)31(35,36)37/h9-11,13-15,17,20,26-27H,3-8,12,16,18-19H2,1-2H3/t26-,27+/m1/s1. The van der Waals surface area contributed by atoms with Crippen molar-refractivity contribution in [2.75, 3.05) is 18.1 Å². The molecule has 0 unspecified atom stereocenters. The molecule has 3 aromatic rings. The molecule has 1 aromatic carbocycles. The third-order valence-corrected chi connectivity index (χ3v) is 8.64. The first-order chi connectivity index (χ1) is 21.3. The second kappa shape index (κ2) is 13.3. The lowest BCUT2D eigenvalue weighted by Gasteiger charge is -2.30. The van der Waals surface area contributed by atoms with E-state index < -0.39 is 35.6 Å². The quantitative estimate of drug-likeness (QED) is 0.238. The fourth-order valence-electron chi connectivity index (χ4n) is 6.21. The highest BCUT2D eigenvalue weighted by molar-refractivity contribution is 5.69. The summed E-state index contributed by atoms with van der Waals surface area (Å²) in [6, 6.07) is 0.812. The van der Waals surface area contributed by atoms with E-state index in [4.69, 9.17) is 4.74 Å². The highest BCUT2D eigenvalue weighted by atomic mass is 19.4. The fraction of sp³-hybridized carbons (Fsp3) is 0.548. The lowest BCUT2D eigenvalue weighted by atomic mass is 9.90. The molecule has 45 heavy (non-hydrogen) atoms. The topological polar surface area (TPSA) is 76.4 Å². The minimum atomic E-state index is -4.98. The lowest BCUT2D eigenvalue weighted by Crippen LogP contribution is -2.41. The highest BCUT2D eigenvalue weighted by Gasteiger charge is 2.41. The van der Waals surface area contributed by atoms with Crippen molar-refractivity contribution in [3.63, 3.8) is 0 Å². The summed E-state index contributed by atoms with van der Waals surface area (Å²) in [5, 5.41) is 4.13. The molecule has 1 aliphatic heterocycles. The van der Waals surface area contributed by atoms with Crippen molar-refractivity contribution in [2.45, 2.75) is 82.9 Å². The van der Waals surface area contributed by atoms with Gasteiger partial charge < -0.3 is 14.5 Å². The van der Waals surface area contributed by atoms with Crippen molar-refractivity contribution in [1.82, 2.24) is 24.6 Å². The smallest absolute Gasteiger partial charge is 0.416 e. The van der Waals surface area contributed by atoms with E-state index in [1.807, 2.05) is 6.92 Å². The Morgan fingerprint density at radius 3 is 2.16 bits per heavy atom. The number of amides is 1. The van der Waals surface area contributed by atoms with Crippen LogP contribution in [0.4, 0.5) is 37.1 Å². The van der Waals surface area contributed by atoms with E-state index >= 15 is 0 Å². The number of benzene rings is 1. The number of likely N-dealkylation sites (tertiary alicyclic amines) is 1. The Morgan fingerprint density at radius 2 is 1.60 bits per heavy atom. The van der Waals surface area contributed by atoms with E-state index in [1.54, 1.807) is 33.9 Å². The zero-order chi connectivity index (χ0) is 32.4. The summed E-state index contributed by atoms with van der Waals surface area (Å²) in [4.78, 5) is 25.4. The Bertz CT molecular complexity index is 1420. The minimum absolute atomic E-state index is 0.111. The van der Waals surface area contributed by atoms with Gasteiger partial charge in [-0.1, -0.05) is 26.2 Å². The summed E-state index contributed by atoms with van der Waals surface area (Å²) in [5.41, 5.74) is -1.63. The number of hydrogen-bond acceptors (Lipinski definition) is 6. The number of alkyl halides is 6.